The zero-order chi connectivity index (χ0) is 30.1. The van der Waals surface area contributed by atoms with Crippen LogP contribution in [0.1, 0.15) is 26.2 Å². The van der Waals surface area contributed by atoms with Crippen molar-refractivity contribution in [3.8, 4) is 0 Å². The molecule has 1 fully saturated rings. The maximum Gasteiger partial charge on any atom is 0.346 e. The van der Waals surface area contributed by atoms with Gasteiger partial charge in [0.15, 0.2) is 0 Å². The van der Waals surface area contributed by atoms with Gasteiger partial charge in [-0.05, 0) is 12.2 Å². The highest BCUT2D eigenvalue weighted by Gasteiger charge is 2.55. The third kappa shape index (κ3) is 12.9. The summed E-state index contributed by atoms with van der Waals surface area (Å²) in [5, 5.41) is 57.6. The van der Waals surface area contributed by atoms with E-state index in [4.69, 9.17) is 14.2 Å². The van der Waals surface area contributed by atoms with Crippen LogP contribution in [0.5, 0.6) is 0 Å². The van der Waals surface area contributed by atoms with Crippen LogP contribution in [0, 0.1) is 0 Å². The Morgan fingerprint density at radius 1 is 1.07 bits per heavy atom. The average molecular weight is 616 g/mol. The topological polar surface area (TPSA) is 233 Å². The molecule has 1 heterocycles. The summed E-state index contributed by atoms with van der Waals surface area (Å²) >= 11 is 4.60. The second-order valence-corrected chi connectivity index (χ2v) is 10.6. The molecule has 0 aromatic heterocycles. The summed E-state index contributed by atoms with van der Waals surface area (Å²) < 4.78 is 16.3. The van der Waals surface area contributed by atoms with Crippen molar-refractivity contribution in [2.24, 2.45) is 0 Å². The van der Waals surface area contributed by atoms with Gasteiger partial charge in [-0.1, -0.05) is 0 Å². The molecule has 0 aliphatic carbocycles. The van der Waals surface area contributed by atoms with Gasteiger partial charge >= 0.3 is 5.97 Å². The van der Waals surface area contributed by atoms with Crippen LogP contribution in [0.15, 0.2) is 0 Å². The van der Waals surface area contributed by atoms with Crippen LogP contribution >= 0.6 is 24.4 Å². The molecule has 0 aromatic carbocycles. The van der Waals surface area contributed by atoms with E-state index in [1.807, 2.05) is 0 Å². The minimum atomic E-state index is -2.19. The highest BCUT2D eigenvalue weighted by molar-refractivity contribution is 8.01. The van der Waals surface area contributed by atoms with Gasteiger partial charge in [0.1, 0.15) is 18.3 Å². The molecule has 1 saturated heterocycles. The van der Waals surface area contributed by atoms with Crippen molar-refractivity contribution in [1.82, 2.24) is 16.0 Å². The van der Waals surface area contributed by atoms with Crippen molar-refractivity contribution in [2.45, 2.75) is 61.6 Å². The number of nitrogens with one attached hydrogen (secondary N) is 3. The fourth-order valence-corrected chi connectivity index (χ4v) is 4.90. The van der Waals surface area contributed by atoms with E-state index in [1.165, 1.54) is 0 Å². The van der Waals surface area contributed by atoms with Crippen LogP contribution in [0.4, 0.5) is 0 Å². The summed E-state index contributed by atoms with van der Waals surface area (Å²) in [6.07, 6.45) is -6.13. The Morgan fingerprint density at radius 3 is 2.20 bits per heavy atom. The predicted octanol–water partition coefficient (Wildman–Crippen LogP) is -3.16. The molecule has 0 unspecified atom stereocenters. The first-order chi connectivity index (χ1) is 19.0. The van der Waals surface area contributed by atoms with Crippen molar-refractivity contribution >= 4 is 48.1 Å². The molecule has 3 amide bonds. The summed E-state index contributed by atoms with van der Waals surface area (Å²) in [5.41, 5.74) is 0. The van der Waals surface area contributed by atoms with E-state index in [-0.39, 0.29) is 32.3 Å². The quantitative estimate of drug-likeness (QED) is 0.0487. The summed E-state index contributed by atoms with van der Waals surface area (Å²) in [4.78, 5) is 45.3. The van der Waals surface area contributed by atoms with Gasteiger partial charge in [-0.2, -0.15) is 12.6 Å². The Labute approximate surface area is 242 Å². The van der Waals surface area contributed by atoms with E-state index in [0.717, 1.165) is 6.92 Å². The molecule has 0 radical (unpaired) electrons. The third-order valence-corrected chi connectivity index (χ3v) is 7.32. The first kappa shape index (κ1) is 36.3. The Hall–Kier alpha value is -1.70. The number of carboxylic acids is 1. The zero-order valence-corrected chi connectivity index (χ0v) is 24.0. The summed E-state index contributed by atoms with van der Waals surface area (Å²) in [5.74, 6) is -2.49. The lowest BCUT2D eigenvalue weighted by molar-refractivity contribution is -0.205. The van der Waals surface area contributed by atoms with Crippen molar-refractivity contribution in [3.63, 3.8) is 0 Å². The number of thiol groups is 1. The highest BCUT2D eigenvalue weighted by atomic mass is 32.2. The van der Waals surface area contributed by atoms with Gasteiger partial charge in [-0.15, -0.1) is 11.8 Å². The molecule has 232 valence electrons. The monoisotopic (exact) mass is 615 g/mol. The fourth-order valence-electron chi connectivity index (χ4n) is 3.69. The summed E-state index contributed by atoms with van der Waals surface area (Å²) in [6.45, 7) is 1.79. The lowest BCUT2D eigenvalue weighted by Crippen LogP contribution is -2.66. The number of aliphatic hydroxyl groups excluding tert-OH is 4. The van der Waals surface area contributed by atoms with Crippen LogP contribution in [-0.2, 0) is 33.4 Å². The number of aliphatic hydroxyl groups is 4. The Balaban J connectivity index is 2.46. The van der Waals surface area contributed by atoms with Crippen LogP contribution in [0.25, 0.3) is 0 Å². The molecule has 0 bridgehead atoms. The number of carbonyl (C=O) groups excluding carboxylic acids is 3. The van der Waals surface area contributed by atoms with Gasteiger partial charge in [0.2, 0.25) is 22.7 Å². The van der Waals surface area contributed by atoms with Gasteiger partial charge in [-0.3, -0.25) is 14.4 Å². The van der Waals surface area contributed by atoms with E-state index >= 15 is 0 Å². The van der Waals surface area contributed by atoms with Gasteiger partial charge in [0.25, 0.3) is 0 Å². The Bertz CT molecular complexity index is 811. The molecular weight excluding hydrogens is 574 g/mol. The number of ether oxygens (including phenoxy) is 3. The molecule has 0 saturated carbocycles. The molecule has 1 aliphatic rings. The number of aliphatic carboxylic acids is 1. The molecule has 8 N–H and O–H groups in total. The van der Waals surface area contributed by atoms with Crippen LogP contribution in [0.2, 0.25) is 0 Å². The SMILES string of the molecule is CC(=O)N[C@H]1[C@H]([C@H](O)[C@H](O)CO)O[C@@](SCC(=O)NCCOCCOCCNC(=O)CCCS)(C(=O)O)C[C@@H]1O. The van der Waals surface area contributed by atoms with Crippen LogP contribution in [-0.4, -0.2) is 142 Å². The van der Waals surface area contributed by atoms with Crippen molar-refractivity contribution in [2.75, 3.05) is 57.6 Å². The largest absolute Gasteiger partial charge is 0.478 e. The molecule has 40 heavy (non-hydrogen) atoms. The zero-order valence-electron chi connectivity index (χ0n) is 22.3. The van der Waals surface area contributed by atoms with Crippen LogP contribution in [0.3, 0.4) is 0 Å². The number of amides is 3. The van der Waals surface area contributed by atoms with E-state index in [9.17, 15) is 44.7 Å². The Morgan fingerprint density at radius 2 is 1.68 bits per heavy atom. The lowest BCUT2D eigenvalue weighted by atomic mass is 9.90. The first-order valence-electron chi connectivity index (χ1n) is 12.7. The van der Waals surface area contributed by atoms with Crippen molar-refractivity contribution in [3.05, 3.63) is 0 Å². The van der Waals surface area contributed by atoms with Crippen molar-refractivity contribution < 1.29 is 58.9 Å². The number of thioether (sulfide) groups is 1. The number of hydrogen-bond acceptors (Lipinski definition) is 13. The molecule has 0 aromatic rings. The minimum absolute atomic E-state index is 0.0598. The maximum absolute atomic E-state index is 12.3. The Kier molecular flexibility index (Phi) is 17.6. The average Bonchev–Trinajstić information content (AvgIpc) is 2.91. The molecule has 17 heteroatoms. The van der Waals surface area contributed by atoms with Gasteiger partial charge in [-0.25, -0.2) is 4.79 Å². The smallest absolute Gasteiger partial charge is 0.346 e. The molecule has 15 nitrogen and oxygen atoms in total. The number of hydrogen-bond donors (Lipinski definition) is 9. The first-order valence-corrected chi connectivity index (χ1v) is 14.4. The number of rotatable bonds is 20. The second-order valence-electron chi connectivity index (χ2n) is 8.92. The highest BCUT2D eigenvalue weighted by Crippen LogP contribution is 2.40. The fraction of sp³-hybridized carbons (Fsp3) is 0.826. The van der Waals surface area contributed by atoms with E-state index in [0.29, 0.717) is 43.5 Å². The number of carboxylic acid groups (broad SMARTS) is 1. The van der Waals surface area contributed by atoms with Gasteiger partial charge in [0, 0.05) is 32.9 Å². The van der Waals surface area contributed by atoms with E-state index < -0.39 is 72.0 Å². The molecule has 0 spiro atoms. The summed E-state index contributed by atoms with van der Waals surface area (Å²) in [7, 11) is 0. The predicted molar refractivity (Wildman–Crippen MR) is 146 cm³/mol. The van der Waals surface area contributed by atoms with E-state index in [2.05, 4.69) is 28.6 Å². The minimum Gasteiger partial charge on any atom is -0.478 e. The number of carbonyl (C=O) groups is 4. The second kappa shape index (κ2) is 19.4. The molecule has 1 rings (SSSR count). The standard InChI is InChI=1S/C23H41N3O12S2/c1-14(28)26-19-15(29)11-23(22(34)35,38-21(19)20(33)16(30)12-27)40-13-18(32)25-5-7-37-9-8-36-6-4-24-17(31)3-2-10-39/h15-16,19-21,27,29-30,33,39H,2-13H2,1H3,(H,24,31)(H,25,32)(H,26,28)(H,34,35)/t15-,16+,19+,20+,21+,23-/m0/s1. The summed E-state index contributed by atoms with van der Waals surface area (Å²) in [6, 6.07) is -1.28. The van der Waals surface area contributed by atoms with Crippen molar-refractivity contribution in [1.29, 1.82) is 0 Å². The lowest BCUT2D eigenvalue weighted by Gasteiger charge is -2.46. The molecule has 1 aliphatic heterocycles. The van der Waals surface area contributed by atoms with Crippen LogP contribution < -0.4 is 16.0 Å². The molecular formula is C23H41N3O12S2. The maximum atomic E-state index is 12.3. The normalized spacial score (nSPS) is 24.1. The third-order valence-electron chi connectivity index (χ3n) is 5.69. The van der Waals surface area contributed by atoms with E-state index in [1.54, 1.807) is 0 Å². The van der Waals surface area contributed by atoms with Gasteiger partial charge < -0.3 is 55.7 Å². The molecule has 6 atom stereocenters. The van der Waals surface area contributed by atoms with Gasteiger partial charge in [0.05, 0.1) is 50.9 Å².